The van der Waals surface area contributed by atoms with E-state index in [2.05, 4.69) is 6.58 Å². The first-order valence-electron chi connectivity index (χ1n) is 5.99. The first kappa shape index (κ1) is 19.7. The smallest absolute Gasteiger partial charge is 1.00 e. The molecule has 0 aliphatic rings. The topological polar surface area (TPSA) is 86.7 Å². The average molecular weight is 364 g/mol. The number of hydrogen-bond acceptors (Lipinski definition) is 6. The van der Waals surface area contributed by atoms with Crippen molar-refractivity contribution in [3.8, 4) is 11.5 Å². The van der Waals surface area contributed by atoms with Crippen molar-refractivity contribution < 1.29 is 56.2 Å². The van der Waals surface area contributed by atoms with E-state index in [1.54, 1.807) is 36.4 Å². The summed E-state index contributed by atoms with van der Waals surface area (Å²) < 4.78 is 56.1. The summed E-state index contributed by atoms with van der Waals surface area (Å²) >= 11 is 0. The summed E-state index contributed by atoms with van der Waals surface area (Å²) in [6, 6.07) is 15.0. The van der Waals surface area contributed by atoms with Gasteiger partial charge in [-0.1, -0.05) is 43.0 Å². The summed E-state index contributed by atoms with van der Waals surface area (Å²) in [5, 5.41) is 0. The molecule has 0 unspecified atom stereocenters. The van der Waals surface area contributed by atoms with Crippen LogP contribution in [-0.2, 0) is 20.2 Å². The quantitative estimate of drug-likeness (QED) is 0.502. The molecule has 2 aromatic rings. The predicted octanol–water partition coefficient (Wildman–Crippen LogP) is -0.608. The van der Waals surface area contributed by atoms with E-state index >= 15 is 0 Å². The van der Waals surface area contributed by atoms with Gasteiger partial charge < -0.3 is 9.79 Å². The summed E-state index contributed by atoms with van der Waals surface area (Å²) in [6.45, 7) is 3.06. The minimum Gasteiger partial charge on any atom is -1.00 e. The van der Waals surface area contributed by atoms with E-state index < -0.39 is 24.5 Å². The first-order valence-corrected chi connectivity index (χ1v) is 8.81. The monoisotopic (exact) mass is 364 g/mol. The van der Waals surface area contributed by atoms with Crippen molar-refractivity contribution in [3.63, 3.8) is 0 Å². The van der Waals surface area contributed by atoms with Crippen molar-refractivity contribution in [1.82, 2.24) is 0 Å². The van der Waals surface area contributed by atoms with Crippen molar-refractivity contribution in [1.29, 1.82) is 0 Å². The summed E-state index contributed by atoms with van der Waals surface area (Å²) in [4.78, 5) is 0. The zero-order valence-corrected chi connectivity index (χ0v) is 15.9. The Morgan fingerprint density at radius 1 is 0.739 bits per heavy atom. The van der Waals surface area contributed by atoms with Gasteiger partial charge in [0, 0.05) is 0 Å². The van der Waals surface area contributed by atoms with Crippen LogP contribution in [0.25, 0.3) is 0 Å². The van der Waals surface area contributed by atoms with Crippen LogP contribution in [0.2, 0.25) is 0 Å². The molecule has 0 saturated carbocycles. The molecule has 0 heterocycles. The summed E-state index contributed by atoms with van der Waals surface area (Å²) in [6.07, 6.45) is 0. The van der Waals surface area contributed by atoms with E-state index in [4.69, 9.17) is 8.37 Å². The van der Waals surface area contributed by atoms with Crippen LogP contribution in [0.5, 0.6) is 11.5 Å². The molecule has 0 aliphatic heterocycles. The van der Waals surface area contributed by atoms with Crippen LogP contribution in [0, 0.1) is 0 Å². The first-order chi connectivity index (χ1) is 10.3. The molecule has 0 atom stereocenters. The molecule has 6 nitrogen and oxygen atoms in total. The van der Waals surface area contributed by atoms with E-state index in [0.29, 0.717) is 0 Å². The third-order valence-electron chi connectivity index (χ3n) is 2.46. The van der Waals surface area contributed by atoms with Crippen LogP contribution in [0.15, 0.2) is 71.5 Å². The Hall–Kier alpha value is -1.32. The number of para-hydroxylation sites is 2. The van der Waals surface area contributed by atoms with Gasteiger partial charge in [0.1, 0.15) is 11.5 Å². The summed E-state index contributed by atoms with van der Waals surface area (Å²) in [5.41, 5.74) is 0. The van der Waals surface area contributed by atoms with Crippen molar-refractivity contribution in [3.05, 3.63) is 71.5 Å². The van der Waals surface area contributed by atoms with Gasteiger partial charge in [0.05, 0.1) is 0 Å². The Labute approximate surface area is 158 Å². The molecule has 0 fully saturated rings. The molecular formula is C14H13NaO6S2. The third-order valence-corrected chi connectivity index (χ3v) is 5.62. The van der Waals surface area contributed by atoms with Gasteiger partial charge in [0.15, 0.2) is 0 Å². The van der Waals surface area contributed by atoms with Crippen molar-refractivity contribution in [2.45, 2.75) is 0 Å². The second-order valence-electron chi connectivity index (χ2n) is 4.07. The van der Waals surface area contributed by atoms with Crippen LogP contribution >= 0.6 is 0 Å². The minimum absolute atomic E-state index is 0. The molecule has 23 heavy (non-hydrogen) atoms. The molecule has 0 spiro atoms. The fraction of sp³-hybridized carbons (Fsp3) is 0. The van der Waals surface area contributed by atoms with Crippen molar-refractivity contribution >= 4 is 20.2 Å². The molecule has 9 heteroatoms. The Kier molecular flexibility index (Phi) is 6.84. The molecule has 0 aliphatic carbocycles. The van der Waals surface area contributed by atoms with Gasteiger partial charge in [-0.3, -0.25) is 0 Å². The maximum absolute atomic E-state index is 12.0. The predicted molar refractivity (Wildman–Crippen MR) is 82.2 cm³/mol. The van der Waals surface area contributed by atoms with Crippen LogP contribution < -0.4 is 37.9 Å². The standard InChI is InChI=1S/C14H12O6S2.Na.H/c1-12(21(15,16)19-13-8-4-2-5-9-13)22(17,18)20-14-10-6-3-7-11-14;;/h2-11H,1H2;;/q;+1;-1. The van der Waals surface area contributed by atoms with E-state index in [9.17, 15) is 16.8 Å². The van der Waals surface area contributed by atoms with Crippen molar-refractivity contribution in [2.75, 3.05) is 0 Å². The van der Waals surface area contributed by atoms with Gasteiger partial charge in [0.2, 0.25) is 4.24 Å². The Morgan fingerprint density at radius 2 is 1.04 bits per heavy atom. The molecule has 118 valence electrons. The Balaban J connectivity index is 0.00000264. The van der Waals surface area contributed by atoms with Gasteiger partial charge in [0.25, 0.3) is 0 Å². The van der Waals surface area contributed by atoms with Gasteiger partial charge in [-0.2, -0.15) is 16.8 Å². The van der Waals surface area contributed by atoms with Crippen LogP contribution in [0.4, 0.5) is 0 Å². The minimum atomic E-state index is -4.60. The fourth-order valence-corrected chi connectivity index (χ4v) is 3.54. The van der Waals surface area contributed by atoms with Gasteiger partial charge in [-0.05, 0) is 24.3 Å². The SMILES string of the molecule is C=C(S(=O)(=O)Oc1ccccc1)S(=O)(=O)Oc1ccccc1.[H-].[Na+]. The van der Waals surface area contributed by atoms with E-state index in [1.807, 2.05) is 0 Å². The zero-order valence-electron chi connectivity index (χ0n) is 13.2. The maximum atomic E-state index is 12.0. The fourth-order valence-electron chi connectivity index (χ4n) is 1.42. The van der Waals surface area contributed by atoms with Crippen LogP contribution in [-0.4, -0.2) is 16.8 Å². The van der Waals surface area contributed by atoms with Crippen LogP contribution in [0.1, 0.15) is 1.43 Å². The molecule has 0 N–H and O–H groups in total. The third kappa shape index (κ3) is 5.36. The number of benzene rings is 2. The molecular weight excluding hydrogens is 351 g/mol. The second kappa shape index (κ2) is 7.98. The van der Waals surface area contributed by atoms with E-state index in [0.717, 1.165) is 0 Å². The van der Waals surface area contributed by atoms with Crippen molar-refractivity contribution in [2.24, 2.45) is 0 Å². The normalized spacial score (nSPS) is 11.1. The largest absolute Gasteiger partial charge is 1.00 e. The second-order valence-corrected chi connectivity index (χ2v) is 7.47. The summed E-state index contributed by atoms with van der Waals surface area (Å²) in [7, 11) is -9.20. The van der Waals surface area contributed by atoms with E-state index in [1.165, 1.54) is 24.3 Å². The van der Waals surface area contributed by atoms with Gasteiger partial charge in [-0.15, -0.1) is 0 Å². The number of hydrogen-bond donors (Lipinski definition) is 0. The zero-order chi connectivity index (χ0) is 16.2. The Bertz CT molecular complexity index is 794. The molecule has 0 saturated heterocycles. The Morgan fingerprint density at radius 3 is 1.35 bits per heavy atom. The van der Waals surface area contributed by atoms with Gasteiger partial charge >= 0.3 is 49.8 Å². The van der Waals surface area contributed by atoms with Crippen LogP contribution in [0.3, 0.4) is 0 Å². The average Bonchev–Trinajstić information content (AvgIpc) is 2.47. The van der Waals surface area contributed by atoms with Gasteiger partial charge in [-0.25, -0.2) is 0 Å². The number of rotatable bonds is 6. The molecule has 2 aromatic carbocycles. The molecule has 0 bridgehead atoms. The summed E-state index contributed by atoms with van der Waals surface area (Å²) in [5.74, 6) is -0.0582. The van der Waals surface area contributed by atoms with E-state index in [-0.39, 0.29) is 42.5 Å². The maximum Gasteiger partial charge on any atom is 1.00 e. The molecule has 0 amide bonds. The molecule has 0 radical (unpaired) electrons. The molecule has 2 rings (SSSR count). The molecule has 0 aromatic heterocycles.